The highest BCUT2D eigenvalue weighted by Crippen LogP contribution is 2.32. The minimum absolute atomic E-state index is 0.00179. The Morgan fingerprint density at radius 1 is 1.23 bits per heavy atom. The summed E-state index contributed by atoms with van der Waals surface area (Å²) in [6.07, 6.45) is 5.98. The van der Waals surface area contributed by atoms with Crippen LogP contribution < -0.4 is 5.32 Å². The maximum Gasteiger partial charge on any atom is 0.216 e. The fourth-order valence-corrected chi connectivity index (χ4v) is 4.70. The third kappa shape index (κ3) is 4.83. The standard InChI is InChI=1S/C27H30N6O2/c1-3-18-13-21(35)7-9-22(18)19-6-8-23-24(14-19)31-32-26(23)27-29-15-25(30-27)20-5-4-11-33(16-20)12-10-28-17(2)34/h5-9,13-15,35H,3-4,10-12,16H2,1-2H3,(H,28,34)(H,29,30)(H,31,32). The normalized spacial score (nSPS) is 14.3. The molecule has 0 unspecified atom stereocenters. The molecule has 0 fully saturated rings. The Kier molecular flexibility index (Phi) is 6.37. The van der Waals surface area contributed by atoms with E-state index >= 15 is 0 Å². The molecule has 0 saturated carbocycles. The quantitative estimate of drug-likeness (QED) is 0.325. The van der Waals surface area contributed by atoms with Crippen LogP contribution in [0.4, 0.5) is 0 Å². The molecule has 2 aromatic carbocycles. The third-order valence-corrected chi connectivity index (χ3v) is 6.51. The smallest absolute Gasteiger partial charge is 0.216 e. The average Bonchev–Trinajstić information content (AvgIpc) is 3.51. The zero-order valence-corrected chi connectivity index (χ0v) is 20.1. The molecule has 0 spiro atoms. The summed E-state index contributed by atoms with van der Waals surface area (Å²) in [6.45, 7) is 6.89. The summed E-state index contributed by atoms with van der Waals surface area (Å²) in [7, 11) is 0. The number of amides is 1. The van der Waals surface area contributed by atoms with Crippen molar-refractivity contribution >= 4 is 22.4 Å². The lowest BCUT2D eigenvalue weighted by Gasteiger charge is -2.26. The molecular formula is C27H30N6O2. The molecule has 5 rings (SSSR count). The summed E-state index contributed by atoms with van der Waals surface area (Å²) in [4.78, 5) is 21.6. The summed E-state index contributed by atoms with van der Waals surface area (Å²) in [5.41, 5.74) is 7.13. The number of carbonyl (C=O) groups excluding carboxylic acids is 1. The number of aryl methyl sites for hydroxylation is 1. The van der Waals surface area contributed by atoms with Gasteiger partial charge in [0, 0.05) is 44.7 Å². The van der Waals surface area contributed by atoms with E-state index in [1.165, 1.54) is 5.57 Å². The molecule has 35 heavy (non-hydrogen) atoms. The Balaban J connectivity index is 1.36. The van der Waals surface area contributed by atoms with Crippen LogP contribution in [0.5, 0.6) is 5.75 Å². The molecule has 0 bridgehead atoms. The molecule has 8 heteroatoms. The number of phenols is 1. The largest absolute Gasteiger partial charge is 0.508 e. The van der Waals surface area contributed by atoms with Gasteiger partial charge in [-0.1, -0.05) is 25.1 Å². The van der Waals surface area contributed by atoms with Crippen LogP contribution in [0.3, 0.4) is 0 Å². The lowest BCUT2D eigenvalue weighted by Crippen LogP contribution is -2.36. The molecule has 0 atom stereocenters. The van der Waals surface area contributed by atoms with Crippen LogP contribution in [0.1, 0.15) is 31.5 Å². The van der Waals surface area contributed by atoms with Gasteiger partial charge in [0.1, 0.15) is 11.4 Å². The first-order valence-corrected chi connectivity index (χ1v) is 12.0. The van der Waals surface area contributed by atoms with Crippen molar-refractivity contribution in [3.8, 4) is 28.4 Å². The number of imidazole rings is 1. The molecule has 1 aliphatic heterocycles. The van der Waals surface area contributed by atoms with Gasteiger partial charge < -0.3 is 15.4 Å². The lowest BCUT2D eigenvalue weighted by molar-refractivity contribution is -0.119. The maximum atomic E-state index is 11.1. The molecule has 1 amide bonds. The number of nitrogens with zero attached hydrogens (tertiary/aromatic N) is 3. The van der Waals surface area contributed by atoms with Crippen LogP contribution in [0.25, 0.3) is 39.1 Å². The fraction of sp³-hybridized carbons (Fsp3) is 0.296. The molecular weight excluding hydrogens is 440 g/mol. The van der Waals surface area contributed by atoms with Gasteiger partial charge in [0.05, 0.1) is 11.2 Å². The van der Waals surface area contributed by atoms with Gasteiger partial charge in [0.25, 0.3) is 0 Å². The van der Waals surface area contributed by atoms with Crippen molar-refractivity contribution in [1.82, 2.24) is 30.4 Å². The molecule has 0 saturated heterocycles. The van der Waals surface area contributed by atoms with Crippen LogP contribution in [0, 0.1) is 0 Å². The zero-order chi connectivity index (χ0) is 24.4. The second kappa shape index (κ2) is 9.76. The van der Waals surface area contributed by atoms with Gasteiger partial charge in [-0.25, -0.2) is 4.98 Å². The first kappa shape index (κ1) is 22.9. The summed E-state index contributed by atoms with van der Waals surface area (Å²) >= 11 is 0. The van der Waals surface area contributed by atoms with Crippen molar-refractivity contribution in [1.29, 1.82) is 0 Å². The van der Waals surface area contributed by atoms with E-state index in [9.17, 15) is 9.90 Å². The van der Waals surface area contributed by atoms with Crippen molar-refractivity contribution in [2.45, 2.75) is 26.7 Å². The van der Waals surface area contributed by atoms with Gasteiger partial charge in [-0.3, -0.25) is 14.8 Å². The van der Waals surface area contributed by atoms with E-state index in [-0.39, 0.29) is 11.7 Å². The minimum atomic E-state index is 0.00179. The molecule has 180 valence electrons. The molecule has 3 heterocycles. The Morgan fingerprint density at radius 3 is 2.94 bits per heavy atom. The van der Waals surface area contributed by atoms with Gasteiger partial charge >= 0.3 is 0 Å². The number of nitrogens with one attached hydrogen (secondary N) is 3. The number of rotatable bonds is 7. The number of fused-ring (bicyclic) bond motifs is 1. The predicted molar refractivity (Wildman–Crippen MR) is 138 cm³/mol. The Bertz CT molecular complexity index is 1400. The van der Waals surface area contributed by atoms with E-state index in [4.69, 9.17) is 4.98 Å². The van der Waals surface area contributed by atoms with Gasteiger partial charge in [-0.15, -0.1) is 0 Å². The zero-order valence-electron chi connectivity index (χ0n) is 20.1. The monoisotopic (exact) mass is 470 g/mol. The van der Waals surface area contributed by atoms with Crippen LogP contribution in [-0.4, -0.2) is 62.3 Å². The molecule has 0 radical (unpaired) electrons. The number of H-pyrrole nitrogens is 2. The maximum absolute atomic E-state index is 11.1. The van der Waals surface area contributed by atoms with Crippen molar-refractivity contribution in [2.75, 3.05) is 26.2 Å². The summed E-state index contributed by atoms with van der Waals surface area (Å²) in [5, 5.41) is 21.4. The van der Waals surface area contributed by atoms with E-state index in [1.807, 2.05) is 18.3 Å². The van der Waals surface area contributed by atoms with E-state index in [1.54, 1.807) is 13.0 Å². The third-order valence-electron chi connectivity index (χ3n) is 6.51. The average molecular weight is 471 g/mol. The minimum Gasteiger partial charge on any atom is -0.508 e. The second-order valence-electron chi connectivity index (χ2n) is 8.94. The van der Waals surface area contributed by atoms with E-state index in [0.29, 0.717) is 6.54 Å². The highest BCUT2D eigenvalue weighted by Gasteiger charge is 2.18. The highest BCUT2D eigenvalue weighted by molar-refractivity contribution is 5.94. The fourth-order valence-electron chi connectivity index (χ4n) is 4.70. The molecule has 4 N–H and O–H groups in total. The van der Waals surface area contributed by atoms with Gasteiger partial charge in [0.2, 0.25) is 5.91 Å². The SMILES string of the molecule is CCc1cc(O)ccc1-c1ccc2c(-c3nc(C4=CCCN(CCNC(C)=O)C4)c[nH]3)n[nH]c2c1. The molecule has 4 aromatic rings. The molecule has 1 aliphatic rings. The van der Waals surface area contributed by atoms with Gasteiger partial charge in [-0.05, 0) is 59.4 Å². The first-order valence-electron chi connectivity index (χ1n) is 12.0. The Morgan fingerprint density at radius 2 is 2.11 bits per heavy atom. The molecule has 2 aromatic heterocycles. The lowest BCUT2D eigenvalue weighted by atomic mass is 9.97. The highest BCUT2D eigenvalue weighted by atomic mass is 16.3. The van der Waals surface area contributed by atoms with Crippen molar-refractivity contribution in [3.05, 3.63) is 59.9 Å². The number of benzene rings is 2. The van der Waals surface area contributed by atoms with Crippen LogP contribution >= 0.6 is 0 Å². The number of aromatic nitrogens is 4. The van der Waals surface area contributed by atoms with Gasteiger partial charge in [-0.2, -0.15) is 5.10 Å². The van der Waals surface area contributed by atoms with Crippen LogP contribution in [-0.2, 0) is 11.2 Å². The van der Waals surface area contributed by atoms with Crippen molar-refractivity contribution < 1.29 is 9.90 Å². The topological polar surface area (TPSA) is 110 Å². The van der Waals surface area contributed by atoms with E-state index in [2.05, 4.69) is 56.6 Å². The Labute approximate surface area is 204 Å². The predicted octanol–water partition coefficient (Wildman–Crippen LogP) is 4.11. The summed E-state index contributed by atoms with van der Waals surface area (Å²) in [5.74, 6) is 1.02. The Hall–Kier alpha value is -3.91. The number of hydrogen-bond acceptors (Lipinski definition) is 5. The first-order chi connectivity index (χ1) is 17.0. The number of carbonyl (C=O) groups is 1. The van der Waals surface area contributed by atoms with Crippen molar-refractivity contribution in [3.63, 3.8) is 0 Å². The summed E-state index contributed by atoms with van der Waals surface area (Å²) in [6, 6.07) is 11.8. The van der Waals surface area contributed by atoms with Crippen molar-refractivity contribution in [2.24, 2.45) is 0 Å². The summed E-state index contributed by atoms with van der Waals surface area (Å²) < 4.78 is 0. The number of hydrogen-bond donors (Lipinski definition) is 4. The second-order valence-corrected chi connectivity index (χ2v) is 8.94. The molecule has 8 nitrogen and oxygen atoms in total. The van der Waals surface area contributed by atoms with Crippen LogP contribution in [0.15, 0.2) is 48.7 Å². The number of aromatic amines is 2. The van der Waals surface area contributed by atoms with E-state index in [0.717, 1.165) is 77.3 Å². The van der Waals surface area contributed by atoms with Gasteiger partial charge in [0.15, 0.2) is 5.82 Å². The number of aromatic hydroxyl groups is 1. The van der Waals surface area contributed by atoms with E-state index < -0.39 is 0 Å². The molecule has 0 aliphatic carbocycles. The number of phenolic OH excluding ortho intramolecular Hbond substituents is 1. The van der Waals surface area contributed by atoms with Crippen LogP contribution in [0.2, 0.25) is 0 Å².